The second kappa shape index (κ2) is 4.11. The van der Waals surface area contributed by atoms with E-state index in [9.17, 15) is 0 Å². The molecule has 0 saturated carbocycles. The summed E-state index contributed by atoms with van der Waals surface area (Å²) in [6.07, 6.45) is 0. The molecule has 1 rings (SSSR count). The highest BCUT2D eigenvalue weighted by atomic mass is 79.9. The molecule has 0 saturated heterocycles. The summed E-state index contributed by atoms with van der Waals surface area (Å²) in [5, 5.41) is 0.762. The standard InChI is InChI=1S/C11H14BrClO/c1-11(2,3)8-5-7(14-4)6-9(12)10(8)13/h5-6H,1-4H3. The van der Waals surface area contributed by atoms with Gasteiger partial charge in [0, 0.05) is 4.47 Å². The van der Waals surface area contributed by atoms with E-state index in [1.807, 2.05) is 12.1 Å². The van der Waals surface area contributed by atoms with Crippen LogP contribution >= 0.6 is 27.5 Å². The van der Waals surface area contributed by atoms with E-state index in [1.165, 1.54) is 0 Å². The van der Waals surface area contributed by atoms with E-state index in [0.717, 1.165) is 20.8 Å². The number of hydrogen-bond acceptors (Lipinski definition) is 1. The molecule has 0 atom stereocenters. The van der Waals surface area contributed by atoms with Gasteiger partial charge in [0.25, 0.3) is 0 Å². The van der Waals surface area contributed by atoms with Crippen molar-refractivity contribution in [1.29, 1.82) is 0 Å². The molecule has 0 fully saturated rings. The molecule has 14 heavy (non-hydrogen) atoms. The number of halogens is 2. The van der Waals surface area contributed by atoms with E-state index < -0.39 is 0 Å². The van der Waals surface area contributed by atoms with E-state index in [2.05, 4.69) is 36.7 Å². The molecule has 3 heteroatoms. The fourth-order valence-electron chi connectivity index (χ4n) is 1.23. The van der Waals surface area contributed by atoms with Gasteiger partial charge in [-0.3, -0.25) is 0 Å². The summed E-state index contributed by atoms with van der Waals surface area (Å²) in [6.45, 7) is 6.38. The zero-order chi connectivity index (χ0) is 10.9. The molecule has 0 amide bonds. The first-order valence-electron chi connectivity index (χ1n) is 4.40. The smallest absolute Gasteiger partial charge is 0.120 e. The fourth-order valence-corrected chi connectivity index (χ4v) is 2.06. The van der Waals surface area contributed by atoms with Crippen molar-refractivity contribution in [3.05, 3.63) is 27.2 Å². The van der Waals surface area contributed by atoms with Crippen LogP contribution in [-0.4, -0.2) is 7.11 Å². The first-order chi connectivity index (χ1) is 6.36. The quantitative estimate of drug-likeness (QED) is 0.739. The minimum atomic E-state index is 0.0220. The van der Waals surface area contributed by atoms with Crippen molar-refractivity contribution in [2.24, 2.45) is 0 Å². The Morgan fingerprint density at radius 2 is 1.86 bits per heavy atom. The summed E-state index contributed by atoms with van der Waals surface area (Å²) in [6, 6.07) is 3.85. The summed E-state index contributed by atoms with van der Waals surface area (Å²) in [7, 11) is 1.65. The lowest BCUT2D eigenvalue weighted by molar-refractivity contribution is 0.412. The third-order valence-electron chi connectivity index (χ3n) is 2.05. The molecule has 1 nitrogen and oxygen atoms in total. The summed E-state index contributed by atoms with van der Waals surface area (Å²) < 4.78 is 6.08. The van der Waals surface area contributed by atoms with Gasteiger partial charge in [-0.15, -0.1) is 0 Å². The Kier molecular flexibility index (Phi) is 3.49. The summed E-state index contributed by atoms with van der Waals surface area (Å²) in [4.78, 5) is 0. The number of benzene rings is 1. The van der Waals surface area contributed by atoms with Crippen molar-refractivity contribution in [3.8, 4) is 5.75 Å². The van der Waals surface area contributed by atoms with Gasteiger partial charge in [-0.2, -0.15) is 0 Å². The Morgan fingerprint density at radius 3 is 2.29 bits per heavy atom. The SMILES string of the molecule is COc1cc(Br)c(Cl)c(C(C)(C)C)c1. The molecule has 78 valence electrons. The molecule has 0 radical (unpaired) electrons. The topological polar surface area (TPSA) is 9.23 Å². The Morgan fingerprint density at radius 1 is 1.29 bits per heavy atom. The maximum absolute atomic E-state index is 6.20. The van der Waals surface area contributed by atoms with Crippen molar-refractivity contribution in [2.75, 3.05) is 7.11 Å². The van der Waals surface area contributed by atoms with Gasteiger partial charge in [-0.25, -0.2) is 0 Å². The van der Waals surface area contributed by atoms with Gasteiger partial charge in [0.1, 0.15) is 5.75 Å². The highest BCUT2D eigenvalue weighted by Crippen LogP contribution is 2.37. The zero-order valence-corrected chi connectivity index (χ0v) is 11.2. The molecule has 0 bridgehead atoms. The number of hydrogen-bond donors (Lipinski definition) is 0. The minimum Gasteiger partial charge on any atom is -0.497 e. The highest BCUT2D eigenvalue weighted by Gasteiger charge is 2.20. The lowest BCUT2D eigenvalue weighted by Crippen LogP contribution is -2.12. The molecule has 0 spiro atoms. The normalized spacial score (nSPS) is 11.6. The predicted octanol–water partition coefficient (Wildman–Crippen LogP) is 4.41. The van der Waals surface area contributed by atoms with E-state index >= 15 is 0 Å². The molecule has 1 aromatic rings. The number of methoxy groups -OCH3 is 1. The van der Waals surface area contributed by atoms with Crippen molar-refractivity contribution >= 4 is 27.5 Å². The van der Waals surface area contributed by atoms with Crippen LogP contribution in [0.4, 0.5) is 0 Å². The Balaban J connectivity index is 3.35. The summed E-state index contributed by atoms with van der Waals surface area (Å²) in [5.74, 6) is 0.825. The predicted molar refractivity (Wildman–Crippen MR) is 64.4 cm³/mol. The monoisotopic (exact) mass is 276 g/mol. The van der Waals surface area contributed by atoms with E-state index in [0.29, 0.717) is 0 Å². The molecule has 0 N–H and O–H groups in total. The third kappa shape index (κ3) is 2.43. The average molecular weight is 278 g/mol. The number of ether oxygens (including phenoxy) is 1. The van der Waals surface area contributed by atoms with Gasteiger partial charge in [0.05, 0.1) is 12.1 Å². The molecule has 0 aliphatic carbocycles. The molecule has 0 aliphatic rings. The van der Waals surface area contributed by atoms with Gasteiger partial charge in [-0.1, -0.05) is 32.4 Å². The van der Waals surface area contributed by atoms with E-state index in [1.54, 1.807) is 7.11 Å². The molecule has 0 unspecified atom stereocenters. The van der Waals surface area contributed by atoms with Crippen molar-refractivity contribution < 1.29 is 4.74 Å². The summed E-state index contributed by atoms with van der Waals surface area (Å²) in [5.41, 5.74) is 1.11. The van der Waals surface area contributed by atoms with E-state index in [-0.39, 0.29) is 5.41 Å². The maximum atomic E-state index is 6.20. The lowest BCUT2D eigenvalue weighted by atomic mass is 9.87. The second-order valence-electron chi connectivity index (χ2n) is 4.22. The van der Waals surface area contributed by atoms with Gasteiger partial charge in [-0.05, 0) is 39.0 Å². The fraction of sp³-hybridized carbons (Fsp3) is 0.455. The molecule has 0 aromatic heterocycles. The average Bonchev–Trinajstić information content (AvgIpc) is 2.07. The Hall–Kier alpha value is -0.210. The maximum Gasteiger partial charge on any atom is 0.120 e. The van der Waals surface area contributed by atoms with Gasteiger partial charge < -0.3 is 4.74 Å². The largest absolute Gasteiger partial charge is 0.497 e. The Labute approximate surface area is 98.5 Å². The van der Waals surface area contributed by atoms with Crippen LogP contribution in [0.2, 0.25) is 5.02 Å². The molecule has 0 aliphatic heterocycles. The molecular weight excluding hydrogens is 263 g/mol. The van der Waals surface area contributed by atoms with Crippen molar-refractivity contribution in [3.63, 3.8) is 0 Å². The first kappa shape index (κ1) is 11.9. The van der Waals surface area contributed by atoms with Crippen molar-refractivity contribution in [1.82, 2.24) is 0 Å². The lowest BCUT2D eigenvalue weighted by Gasteiger charge is -2.22. The van der Waals surface area contributed by atoms with Crippen LogP contribution in [0.15, 0.2) is 16.6 Å². The molecular formula is C11H14BrClO. The van der Waals surface area contributed by atoms with E-state index in [4.69, 9.17) is 16.3 Å². The highest BCUT2D eigenvalue weighted by molar-refractivity contribution is 9.10. The Bertz CT molecular complexity index is 342. The van der Waals surface area contributed by atoms with Crippen LogP contribution < -0.4 is 4.74 Å². The second-order valence-corrected chi connectivity index (χ2v) is 5.45. The van der Waals surface area contributed by atoms with Gasteiger partial charge in [0.2, 0.25) is 0 Å². The van der Waals surface area contributed by atoms with Gasteiger partial charge in [0.15, 0.2) is 0 Å². The number of rotatable bonds is 1. The van der Waals surface area contributed by atoms with Crippen LogP contribution in [-0.2, 0) is 5.41 Å². The molecule has 1 aromatic carbocycles. The van der Waals surface area contributed by atoms with Crippen LogP contribution in [0.25, 0.3) is 0 Å². The van der Waals surface area contributed by atoms with Crippen LogP contribution in [0, 0.1) is 0 Å². The van der Waals surface area contributed by atoms with Crippen LogP contribution in [0.5, 0.6) is 5.75 Å². The first-order valence-corrected chi connectivity index (χ1v) is 5.57. The molecule has 0 heterocycles. The summed E-state index contributed by atoms with van der Waals surface area (Å²) >= 11 is 9.62. The van der Waals surface area contributed by atoms with Crippen LogP contribution in [0.3, 0.4) is 0 Å². The minimum absolute atomic E-state index is 0.0220. The van der Waals surface area contributed by atoms with Crippen molar-refractivity contribution in [2.45, 2.75) is 26.2 Å². The van der Waals surface area contributed by atoms with Gasteiger partial charge >= 0.3 is 0 Å². The third-order valence-corrected chi connectivity index (χ3v) is 3.31. The zero-order valence-electron chi connectivity index (χ0n) is 8.82. The van der Waals surface area contributed by atoms with Crippen LogP contribution in [0.1, 0.15) is 26.3 Å².